The largest absolute Gasteiger partial charge is 0.399 e. The molecule has 5 N–H and O–H groups in total. The lowest BCUT2D eigenvalue weighted by Gasteiger charge is -2.33. The van der Waals surface area contributed by atoms with Gasteiger partial charge in [0.25, 0.3) is 0 Å². The molecule has 0 aliphatic carbocycles. The Kier molecular flexibility index (Phi) is 6.99. The van der Waals surface area contributed by atoms with E-state index >= 15 is 0 Å². The molecule has 2 unspecified atom stereocenters. The molecule has 2 aromatic rings. The normalized spacial score (nSPS) is 14.3. The monoisotopic (exact) mass is 395 g/mol. The first kappa shape index (κ1) is 22.8. The molecule has 29 heavy (non-hydrogen) atoms. The molecule has 0 bridgehead atoms. The van der Waals surface area contributed by atoms with Gasteiger partial charge in [0, 0.05) is 22.8 Å². The molecule has 4 nitrogen and oxygen atoms in total. The Labute approximate surface area is 176 Å². The molecule has 1 amide bonds. The Bertz CT molecular complexity index is 807. The predicted octanol–water partition coefficient (Wildman–Crippen LogP) is 5.24. The van der Waals surface area contributed by atoms with Crippen LogP contribution in [0.3, 0.4) is 0 Å². The molecule has 0 spiro atoms. The molecule has 0 aliphatic heterocycles. The highest BCUT2D eigenvalue weighted by molar-refractivity contribution is 5.79. The van der Waals surface area contributed by atoms with Gasteiger partial charge in [-0.1, -0.05) is 52.0 Å². The lowest BCUT2D eigenvalue weighted by molar-refractivity contribution is -0.126. The molecule has 0 saturated heterocycles. The summed E-state index contributed by atoms with van der Waals surface area (Å²) in [5.41, 5.74) is 15.2. The van der Waals surface area contributed by atoms with Crippen molar-refractivity contribution in [2.75, 3.05) is 11.5 Å². The number of nitrogens with two attached hydrogens (primary N) is 2. The average molecular weight is 396 g/mol. The first-order chi connectivity index (χ1) is 13.4. The number of hydrogen-bond donors (Lipinski definition) is 3. The summed E-state index contributed by atoms with van der Waals surface area (Å²) in [6.45, 7) is 12.7. The van der Waals surface area contributed by atoms with E-state index in [0.29, 0.717) is 5.92 Å². The molecule has 2 rings (SSSR count). The van der Waals surface area contributed by atoms with Gasteiger partial charge >= 0.3 is 0 Å². The maximum Gasteiger partial charge on any atom is 0.223 e. The highest BCUT2D eigenvalue weighted by Gasteiger charge is 2.30. The maximum atomic E-state index is 12.9. The molecule has 0 fully saturated rings. The standard InChI is InChI=1S/C25H37N3O/c1-17(19-7-11-21(26)12-8-19)16-25(5,6)28-23(29)18(2)15-24(3,4)20-9-13-22(27)14-10-20/h7-14,17-18H,15-16,26-27H2,1-6H3,(H,28,29). The summed E-state index contributed by atoms with van der Waals surface area (Å²) in [5, 5.41) is 3.27. The highest BCUT2D eigenvalue weighted by atomic mass is 16.2. The number of nitrogen functional groups attached to an aromatic ring is 2. The molecule has 0 radical (unpaired) electrons. The van der Waals surface area contributed by atoms with E-state index < -0.39 is 0 Å². The minimum absolute atomic E-state index is 0.0892. The van der Waals surface area contributed by atoms with Crippen molar-refractivity contribution in [3.05, 3.63) is 59.7 Å². The van der Waals surface area contributed by atoms with Crippen molar-refractivity contribution in [3.63, 3.8) is 0 Å². The number of benzene rings is 2. The molecule has 0 aromatic heterocycles. The molecule has 0 aliphatic rings. The van der Waals surface area contributed by atoms with Gasteiger partial charge in [-0.2, -0.15) is 0 Å². The van der Waals surface area contributed by atoms with E-state index in [4.69, 9.17) is 11.5 Å². The second-order valence-electron chi connectivity index (χ2n) is 9.76. The summed E-state index contributed by atoms with van der Waals surface area (Å²) in [7, 11) is 0. The summed E-state index contributed by atoms with van der Waals surface area (Å²) in [5.74, 6) is 0.337. The second kappa shape index (κ2) is 8.89. The average Bonchev–Trinajstić information content (AvgIpc) is 2.61. The zero-order valence-corrected chi connectivity index (χ0v) is 18.8. The van der Waals surface area contributed by atoms with E-state index in [0.717, 1.165) is 24.2 Å². The molecule has 2 atom stereocenters. The van der Waals surface area contributed by atoms with Crippen LogP contribution >= 0.6 is 0 Å². The van der Waals surface area contributed by atoms with E-state index in [1.807, 2.05) is 31.2 Å². The number of rotatable bonds is 8. The molecule has 0 saturated carbocycles. The quantitative estimate of drug-likeness (QED) is 0.534. The van der Waals surface area contributed by atoms with Crippen LogP contribution in [-0.4, -0.2) is 11.4 Å². The van der Waals surface area contributed by atoms with Crippen LogP contribution in [0.15, 0.2) is 48.5 Å². The Balaban J connectivity index is 1.97. The number of nitrogens with one attached hydrogen (secondary N) is 1. The number of anilines is 2. The number of hydrogen-bond acceptors (Lipinski definition) is 3. The van der Waals surface area contributed by atoms with Crippen LogP contribution in [0.1, 0.15) is 71.4 Å². The summed E-state index contributed by atoms with van der Waals surface area (Å²) in [6, 6.07) is 15.9. The van der Waals surface area contributed by atoms with Crippen molar-refractivity contribution in [2.45, 2.75) is 71.3 Å². The minimum Gasteiger partial charge on any atom is -0.399 e. The lowest BCUT2D eigenvalue weighted by atomic mass is 9.77. The summed E-state index contributed by atoms with van der Waals surface area (Å²) >= 11 is 0. The van der Waals surface area contributed by atoms with Crippen LogP contribution in [-0.2, 0) is 10.2 Å². The van der Waals surface area contributed by atoms with Crippen LogP contribution in [0.25, 0.3) is 0 Å². The van der Waals surface area contributed by atoms with Gasteiger partial charge in [-0.15, -0.1) is 0 Å². The van der Waals surface area contributed by atoms with Crippen molar-refractivity contribution in [1.82, 2.24) is 5.32 Å². The van der Waals surface area contributed by atoms with Crippen molar-refractivity contribution in [2.24, 2.45) is 5.92 Å². The van der Waals surface area contributed by atoms with E-state index in [1.54, 1.807) is 0 Å². The predicted molar refractivity (Wildman–Crippen MR) is 124 cm³/mol. The van der Waals surface area contributed by atoms with E-state index in [2.05, 4.69) is 64.2 Å². The zero-order valence-electron chi connectivity index (χ0n) is 18.8. The SMILES string of the molecule is CC(CC(C)(C)c1ccc(N)cc1)C(=O)NC(C)(C)CC(C)c1ccc(N)cc1. The first-order valence-electron chi connectivity index (χ1n) is 10.4. The van der Waals surface area contributed by atoms with Gasteiger partial charge in [0.2, 0.25) is 5.91 Å². The summed E-state index contributed by atoms with van der Waals surface area (Å²) < 4.78 is 0. The molecule has 4 heteroatoms. The van der Waals surface area contributed by atoms with Gasteiger partial charge in [-0.25, -0.2) is 0 Å². The number of amides is 1. The smallest absolute Gasteiger partial charge is 0.223 e. The Morgan fingerprint density at radius 1 is 0.862 bits per heavy atom. The fourth-order valence-corrected chi connectivity index (χ4v) is 4.13. The van der Waals surface area contributed by atoms with Gasteiger partial charge in [-0.3, -0.25) is 4.79 Å². The fraction of sp³-hybridized carbons (Fsp3) is 0.480. The van der Waals surface area contributed by atoms with Gasteiger partial charge in [-0.05, 0) is 73.4 Å². The van der Waals surface area contributed by atoms with E-state index in [-0.39, 0.29) is 22.8 Å². The van der Waals surface area contributed by atoms with Crippen LogP contribution < -0.4 is 16.8 Å². The topological polar surface area (TPSA) is 81.1 Å². The van der Waals surface area contributed by atoms with Crippen molar-refractivity contribution in [1.29, 1.82) is 0 Å². The Morgan fingerprint density at radius 2 is 1.34 bits per heavy atom. The van der Waals surface area contributed by atoms with Gasteiger partial charge in [0.15, 0.2) is 0 Å². The van der Waals surface area contributed by atoms with Gasteiger partial charge in [0.05, 0.1) is 0 Å². The third-order valence-electron chi connectivity index (χ3n) is 5.74. The van der Waals surface area contributed by atoms with Crippen molar-refractivity contribution in [3.8, 4) is 0 Å². The molecule has 2 aromatic carbocycles. The van der Waals surface area contributed by atoms with Crippen molar-refractivity contribution >= 4 is 17.3 Å². The Hall–Kier alpha value is -2.49. The lowest BCUT2D eigenvalue weighted by Crippen LogP contribution is -2.47. The van der Waals surface area contributed by atoms with Gasteiger partial charge in [0.1, 0.15) is 0 Å². The van der Waals surface area contributed by atoms with Crippen LogP contribution in [0, 0.1) is 5.92 Å². The molecular weight excluding hydrogens is 358 g/mol. The number of carbonyl (C=O) groups is 1. The zero-order chi connectivity index (χ0) is 21.8. The first-order valence-corrected chi connectivity index (χ1v) is 10.4. The summed E-state index contributed by atoms with van der Waals surface area (Å²) in [6.07, 6.45) is 1.63. The van der Waals surface area contributed by atoms with E-state index in [9.17, 15) is 4.79 Å². The van der Waals surface area contributed by atoms with Crippen molar-refractivity contribution < 1.29 is 4.79 Å². The van der Waals surface area contributed by atoms with E-state index in [1.165, 1.54) is 11.1 Å². The van der Waals surface area contributed by atoms with Crippen LogP contribution in [0.4, 0.5) is 11.4 Å². The second-order valence-corrected chi connectivity index (χ2v) is 9.76. The summed E-state index contributed by atoms with van der Waals surface area (Å²) in [4.78, 5) is 12.9. The maximum absolute atomic E-state index is 12.9. The van der Waals surface area contributed by atoms with Crippen LogP contribution in [0.5, 0.6) is 0 Å². The molecular formula is C25H37N3O. The van der Waals surface area contributed by atoms with Crippen LogP contribution in [0.2, 0.25) is 0 Å². The molecule has 158 valence electrons. The fourth-order valence-electron chi connectivity index (χ4n) is 4.13. The third-order valence-corrected chi connectivity index (χ3v) is 5.74. The Morgan fingerprint density at radius 3 is 1.86 bits per heavy atom. The third kappa shape index (κ3) is 6.52. The molecule has 0 heterocycles. The highest BCUT2D eigenvalue weighted by Crippen LogP contribution is 2.32. The number of carbonyl (C=O) groups excluding carboxylic acids is 1. The van der Waals surface area contributed by atoms with Gasteiger partial charge < -0.3 is 16.8 Å². The minimum atomic E-state index is -0.294.